The van der Waals surface area contributed by atoms with Crippen molar-refractivity contribution in [1.82, 2.24) is 10.2 Å². The van der Waals surface area contributed by atoms with Crippen molar-refractivity contribution in [3.05, 3.63) is 35.9 Å². The van der Waals surface area contributed by atoms with Gasteiger partial charge in [-0.25, -0.2) is 0 Å². The van der Waals surface area contributed by atoms with E-state index in [1.165, 1.54) is 12.0 Å². The minimum absolute atomic E-state index is 0.233. The third-order valence-electron chi connectivity index (χ3n) is 3.00. The lowest BCUT2D eigenvalue weighted by Crippen LogP contribution is -2.37. The van der Waals surface area contributed by atoms with Crippen molar-refractivity contribution in [2.45, 2.75) is 46.2 Å². The fraction of sp³-hybridized carbons (Fsp3) is 0.625. The van der Waals surface area contributed by atoms with Crippen molar-refractivity contribution in [2.24, 2.45) is 0 Å². The van der Waals surface area contributed by atoms with Crippen molar-refractivity contribution in [1.29, 1.82) is 0 Å². The van der Waals surface area contributed by atoms with Crippen molar-refractivity contribution >= 4 is 0 Å². The van der Waals surface area contributed by atoms with Crippen molar-refractivity contribution in [3.8, 4) is 0 Å². The number of rotatable bonds is 7. The zero-order chi connectivity index (χ0) is 13.4. The maximum atomic E-state index is 3.54. The minimum Gasteiger partial charge on any atom is -0.312 e. The molecule has 0 spiro atoms. The fourth-order valence-electron chi connectivity index (χ4n) is 1.96. The second-order valence-corrected chi connectivity index (χ2v) is 5.88. The lowest BCUT2D eigenvalue weighted by atomic mass is 10.1. The summed E-state index contributed by atoms with van der Waals surface area (Å²) in [6, 6.07) is 10.7. The first-order valence-corrected chi connectivity index (χ1v) is 7.02. The van der Waals surface area contributed by atoms with Crippen LogP contribution in [0, 0.1) is 0 Å². The molecular weight excluding hydrogens is 220 g/mol. The number of hydrogen-bond acceptors (Lipinski definition) is 2. The van der Waals surface area contributed by atoms with E-state index in [-0.39, 0.29) is 5.54 Å². The Morgan fingerprint density at radius 3 is 2.33 bits per heavy atom. The second kappa shape index (κ2) is 7.55. The van der Waals surface area contributed by atoms with E-state index in [2.05, 4.69) is 68.2 Å². The molecule has 0 aromatic heterocycles. The second-order valence-electron chi connectivity index (χ2n) is 5.88. The summed E-state index contributed by atoms with van der Waals surface area (Å²) in [6.07, 6.45) is 1.21. The van der Waals surface area contributed by atoms with Crippen LogP contribution in [-0.4, -0.2) is 30.1 Å². The van der Waals surface area contributed by atoms with Crippen LogP contribution in [-0.2, 0) is 6.54 Å². The standard InChI is InChI=1S/C16H28N2/c1-5-18(13-9-12-17-16(2,3)4)14-15-10-7-6-8-11-15/h6-8,10-11,17H,5,9,12-14H2,1-4H3. The Hall–Kier alpha value is -0.860. The Kier molecular flexibility index (Phi) is 6.37. The first kappa shape index (κ1) is 15.2. The Morgan fingerprint density at radius 2 is 1.78 bits per heavy atom. The molecule has 1 aromatic carbocycles. The number of hydrogen-bond donors (Lipinski definition) is 1. The Bertz CT molecular complexity index is 314. The fourth-order valence-corrected chi connectivity index (χ4v) is 1.96. The molecule has 2 heteroatoms. The van der Waals surface area contributed by atoms with Crippen LogP contribution in [0.1, 0.15) is 39.7 Å². The van der Waals surface area contributed by atoms with Gasteiger partial charge in [0, 0.05) is 12.1 Å². The third-order valence-corrected chi connectivity index (χ3v) is 3.00. The van der Waals surface area contributed by atoms with Crippen LogP contribution in [0.2, 0.25) is 0 Å². The third kappa shape index (κ3) is 6.77. The number of benzene rings is 1. The summed E-state index contributed by atoms with van der Waals surface area (Å²) in [5.41, 5.74) is 1.64. The van der Waals surface area contributed by atoms with Gasteiger partial charge in [0.05, 0.1) is 0 Å². The molecule has 0 bridgehead atoms. The average Bonchev–Trinajstić information content (AvgIpc) is 2.33. The van der Waals surface area contributed by atoms with Gasteiger partial charge in [-0.1, -0.05) is 37.3 Å². The summed E-state index contributed by atoms with van der Waals surface area (Å²) in [4.78, 5) is 2.50. The normalized spacial score (nSPS) is 12.1. The molecule has 0 radical (unpaired) electrons. The monoisotopic (exact) mass is 248 g/mol. The molecule has 0 saturated heterocycles. The Morgan fingerprint density at radius 1 is 1.11 bits per heavy atom. The molecule has 0 atom stereocenters. The van der Waals surface area contributed by atoms with Crippen LogP contribution in [0.15, 0.2) is 30.3 Å². The highest BCUT2D eigenvalue weighted by Crippen LogP contribution is 2.05. The summed E-state index contributed by atoms with van der Waals surface area (Å²) in [5.74, 6) is 0. The molecule has 0 unspecified atom stereocenters. The first-order valence-electron chi connectivity index (χ1n) is 7.02. The molecule has 1 rings (SSSR count). The van der Waals surface area contributed by atoms with E-state index in [0.29, 0.717) is 0 Å². The van der Waals surface area contributed by atoms with E-state index in [9.17, 15) is 0 Å². The smallest absolute Gasteiger partial charge is 0.0233 e. The average molecular weight is 248 g/mol. The molecule has 18 heavy (non-hydrogen) atoms. The molecule has 0 amide bonds. The predicted molar refractivity (Wildman–Crippen MR) is 79.8 cm³/mol. The summed E-state index contributed by atoms with van der Waals surface area (Å²) in [6.45, 7) is 13.3. The van der Waals surface area contributed by atoms with Crippen LogP contribution < -0.4 is 5.32 Å². The van der Waals surface area contributed by atoms with Gasteiger partial charge in [-0.15, -0.1) is 0 Å². The Balaban J connectivity index is 2.26. The molecule has 1 aromatic rings. The Labute approximate surface area is 112 Å². The van der Waals surface area contributed by atoms with Crippen LogP contribution in [0.3, 0.4) is 0 Å². The predicted octanol–water partition coefficient (Wildman–Crippen LogP) is 3.29. The van der Waals surface area contributed by atoms with Gasteiger partial charge < -0.3 is 5.32 Å². The van der Waals surface area contributed by atoms with E-state index >= 15 is 0 Å². The van der Waals surface area contributed by atoms with Crippen molar-refractivity contribution in [3.63, 3.8) is 0 Å². The van der Waals surface area contributed by atoms with Crippen molar-refractivity contribution < 1.29 is 0 Å². The largest absolute Gasteiger partial charge is 0.312 e. The summed E-state index contributed by atoms with van der Waals surface area (Å²) < 4.78 is 0. The van der Waals surface area contributed by atoms with Gasteiger partial charge in [-0.05, 0) is 52.4 Å². The lowest BCUT2D eigenvalue weighted by Gasteiger charge is -2.23. The maximum Gasteiger partial charge on any atom is 0.0233 e. The van der Waals surface area contributed by atoms with E-state index in [4.69, 9.17) is 0 Å². The van der Waals surface area contributed by atoms with Gasteiger partial charge >= 0.3 is 0 Å². The molecule has 0 heterocycles. The van der Waals surface area contributed by atoms with E-state index < -0.39 is 0 Å². The molecule has 2 nitrogen and oxygen atoms in total. The number of nitrogens with one attached hydrogen (secondary N) is 1. The van der Waals surface area contributed by atoms with Crippen LogP contribution in [0.25, 0.3) is 0 Å². The van der Waals surface area contributed by atoms with Crippen LogP contribution in [0.5, 0.6) is 0 Å². The summed E-state index contributed by atoms with van der Waals surface area (Å²) in [7, 11) is 0. The SMILES string of the molecule is CCN(CCCNC(C)(C)C)Cc1ccccc1. The molecule has 0 aliphatic rings. The lowest BCUT2D eigenvalue weighted by molar-refractivity contribution is 0.269. The molecule has 1 N–H and O–H groups in total. The summed E-state index contributed by atoms with van der Waals surface area (Å²) >= 11 is 0. The molecule has 0 aliphatic carbocycles. The van der Waals surface area contributed by atoms with Crippen LogP contribution in [0.4, 0.5) is 0 Å². The van der Waals surface area contributed by atoms with Gasteiger partial charge in [0.15, 0.2) is 0 Å². The zero-order valence-corrected chi connectivity index (χ0v) is 12.4. The number of nitrogens with zero attached hydrogens (tertiary/aromatic N) is 1. The topological polar surface area (TPSA) is 15.3 Å². The molecular formula is C16H28N2. The van der Waals surface area contributed by atoms with Gasteiger partial charge in [0.25, 0.3) is 0 Å². The van der Waals surface area contributed by atoms with Gasteiger partial charge in [0.1, 0.15) is 0 Å². The maximum absolute atomic E-state index is 3.54. The summed E-state index contributed by atoms with van der Waals surface area (Å²) in [5, 5.41) is 3.54. The van der Waals surface area contributed by atoms with Gasteiger partial charge in [-0.2, -0.15) is 0 Å². The molecule has 0 aliphatic heterocycles. The van der Waals surface area contributed by atoms with Gasteiger partial charge in [0.2, 0.25) is 0 Å². The quantitative estimate of drug-likeness (QED) is 0.745. The van der Waals surface area contributed by atoms with Gasteiger partial charge in [-0.3, -0.25) is 4.90 Å². The van der Waals surface area contributed by atoms with E-state index in [0.717, 1.165) is 26.2 Å². The van der Waals surface area contributed by atoms with E-state index in [1.807, 2.05) is 0 Å². The molecule has 102 valence electrons. The molecule has 0 fully saturated rings. The first-order chi connectivity index (χ1) is 8.51. The highest BCUT2D eigenvalue weighted by atomic mass is 15.1. The molecule has 0 saturated carbocycles. The minimum atomic E-state index is 0.233. The zero-order valence-electron chi connectivity index (χ0n) is 12.4. The van der Waals surface area contributed by atoms with E-state index in [1.54, 1.807) is 0 Å². The highest BCUT2D eigenvalue weighted by molar-refractivity contribution is 5.14. The van der Waals surface area contributed by atoms with Crippen molar-refractivity contribution in [2.75, 3.05) is 19.6 Å². The highest BCUT2D eigenvalue weighted by Gasteiger charge is 2.08. The van der Waals surface area contributed by atoms with Crippen LogP contribution >= 0.6 is 0 Å².